The Hall–Kier alpha value is -2.07. The summed E-state index contributed by atoms with van der Waals surface area (Å²) in [6.07, 6.45) is 0.282. The molecule has 1 unspecified atom stereocenters. The topological polar surface area (TPSA) is 73.6 Å². The number of rotatable bonds is 2. The van der Waals surface area contributed by atoms with E-state index in [0.717, 1.165) is 0 Å². The van der Waals surface area contributed by atoms with E-state index in [2.05, 4.69) is 4.98 Å². The summed E-state index contributed by atoms with van der Waals surface area (Å²) in [6, 6.07) is 10.1. The molecule has 0 saturated carbocycles. The summed E-state index contributed by atoms with van der Waals surface area (Å²) in [5.74, 6) is -0.682. The van der Waals surface area contributed by atoms with Crippen LogP contribution in [-0.2, 0) is 0 Å². The average Bonchev–Trinajstić information content (AvgIpc) is 2.33. The van der Waals surface area contributed by atoms with Gasteiger partial charge in [-0.05, 0) is 5.56 Å². The molecule has 4 heteroatoms. The van der Waals surface area contributed by atoms with Crippen molar-refractivity contribution in [1.82, 2.24) is 4.98 Å². The van der Waals surface area contributed by atoms with Crippen molar-refractivity contribution in [2.24, 2.45) is 0 Å². The summed E-state index contributed by atoms with van der Waals surface area (Å²) in [6.45, 7) is 0. The molecule has 82 valence electrons. The standard InChI is InChI=1S/C12H11NO3/c14-9-6-7-13-10(12(9)16)11(15)8-4-2-1-3-5-8/h1-7,11,15-16H,(H,13,14). The van der Waals surface area contributed by atoms with E-state index in [1.165, 1.54) is 12.3 Å². The molecule has 3 N–H and O–H groups in total. The lowest BCUT2D eigenvalue weighted by Gasteiger charge is -2.12. The molecule has 0 amide bonds. The lowest BCUT2D eigenvalue weighted by molar-refractivity contribution is 0.208. The van der Waals surface area contributed by atoms with Crippen LogP contribution in [0, 0.1) is 0 Å². The molecule has 0 fully saturated rings. The van der Waals surface area contributed by atoms with Crippen molar-refractivity contribution >= 4 is 0 Å². The Labute approximate surface area is 92.5 Å². The molecule has 2 rings (SSSR count). The van der Waals surface area contributed by atoms with E-state index in [-0.39, 0.29) is 17.2 Å². The van der Waals surface area contributed by atoms with Gasteiger partial charge in [0.25, 0.3) is 0 Å². The molecule has 0 aliphatic heterocycles. The summed E-state index contributed by atoms with van der Waals surface area (Å²) >= 11 is 0. The van der Waals surface area contributed by atoms with E-state index in [9.17, 15) is 15.3 Å². The Bertz CT molecular complexity index is 485. The van der Waals surface area contributed by atoms with Gasteiger partial charge in [0.15, 0.2) is 11.5 Å². The fraction of sp³-hybridized carbons (Fsp3) is 0.0833. The van der Waals surface area contributed by atoms with Crippen LogP contribution < -0.4 is 0 Å². The van der Waals surface area contributed by atoms with Crippen molar-refractivity contribution in [3.05, 3.63) is 53.9 Å². The molecule has 0 bridgehead atoms. The summed E-state index contributed by atoms with van der Waals surface area (Å²) in [5, 5.41) is 28.8. The highest BCUT2D eigenvalue weighted by Gasteiger charge is 2.17. The Morgan fingerprint density at radius 2 is 1.69 bits per heavy atom. The van der Waals surface area contributed by atoms with Gasteiger partial charge in [-0.2, -0.15) is 0 Å². The molecular weight excluding hydrogens is 206 g/mol. The van der Waals surface area contributed by atoms with Crippen molar-refractivity contribution in [1.29, 1.82) is 0 Å². The minimum atomic E-state index is -1.05. The minimum absolute atomic E-state index is 0.0474. The number of aliphatic hydroxyl groups is 1. The number of pyridine rings is 1. The van der Waals surface area contributed by atoms with Crippen LogP contribution in [0.4, 0.5) is 0 Å². The average molecular weight is 217 g/mol. The molecular formula is C12H11NO3. The number of hydrogen-bond donors (Lipinski definition) is 3. The first-order chi connectivity index (χ1) is 7.70. The molecule has 1 aromatic carbocycles. The number of aromatic nitrogens is 1. The van der Waals surface area contributed by atoms with Crippen LogP contribution in [0.25, 0.3) is 0 Å². The third-order valence-electron chi connectivity index (χ3n) is 2.31. The van der Waals surface area contributed by atoms with Gasteiger partial charge in [0.1, 0.15) is 11.8 Å². The number of aliphatic hydroxyl groups excluding tert-OH is 1. The normalized spacial score (nSPS) is 12.3. The molecule has 16 heavy (non-hydrogen) atoms. The number of benzene rings is 1. The molecule has 2 aromatic rings. The van der Waals surface area contributed by atoms with Gasteiger partial charge in [0.2, 0.25) is 0 Å². The Balaban J connectivity index is 2.42. The van der Waals surface area contributed by atoms with Crippen LogP contribution >= 0.6 is 0 Å². The van der Waals surface area contributed by atoms with Gasteiger partial charge in [0.05, 0.1) is 0 Å². The minimum Gasteiger partial charge on any atom is -0.504 e. The highest BCUT2D eigenvalue weighted by Crippen LogP contribution is 2.33. The maximum absolute atomic E-state index is 9.96. The number of nitrogens with zero attached hydrogens (tertiary/aromatic N) is 1. The molecule has 0 aliphatic rings. The van der Waals surface area contributed by atoms with Gasteiger partial charge < -0.3 is 15.3 Å². The van der Waals surface area contributed by atoms with Gasteiger partial charge in [0, 0.05) is 12.3 Å². The van der Waals surface area contributed by atoms with Crippen LogP contribution in [-0.4, -0.2) is 20.3 Å². The van der Waals surface area contributed by atoms with E-state index in [0.29, 0.717) is 5.56 Å². The van der Waals surface area contributed by atoms with Crippen LogP contribution in [0.3, 0.4) is 0 Å². The smallest absolute Gasteiger partial charge is 0.182 e. The molecule has 0 saturated heterocycles. The molecule has 1 aromatic heterocycles. The van der Waals surface area contributed by atoms with Gasteiger partial charge >= 0.3 is 0 Å². The molecule has 0 radical (unpaired) electrons. The van der Waals surface area contributed by atoms with E-state index in [1.807, 2.05) is 6.07 Å². The lowest BCUT2D eigenvalue weighted by Crippen LogP contribution is -2.02. The van der Waals surface area contributed by atoms with E-state index in [1.54, 1.807) is 24.3 Å². The Kier molecular flexibility index (Phi) is 2.74. The number of hydrogen-bond acceptors (Lipinski definition) is 4. The van der Waals surface area contributed by atoms with Crippen molar-refractivity contribution < 1.29 is 15.3 Å². The van der Waals surface area contributed by atoms with Crippen LogP contribution in [0.2, 0.25) is 0 Å². The molecule has 0 aliphatic carbocycles. The summed E-state index contributed by atoms with van der Waals surface area (Å²) in [5.41, 5.74) is 0.655. The summed E-state index contributed by atoms with van der Waals surface area (Å²) in [7, 11) is 0. The predicted octanol–water partition coefficient (Wildman–Crippen LogP) is 1.57. The quantitative estimate of drug-likeness (QED) is 0.714. The fourth-order valence-corrected chi connectivity index (χ4v) is 1.45. The highest BCUT2D eigenvalue weighted by molar-refractivity contribution is 5.43. The second-order valence-electron chi connectivity index (χ2n) is 3.38. The third kappa shape index (κ3) is 1.83. The largest absolute Gasteiger partial charge is 0.504 e. The lowest BCUT2D eigenvalue weighted by atomic mass is 10.1. The van der Waals surface area contributed by atoms with Gasteiger partial charge in [-0.25, -0.2) is 0 Å². The van der Waals surface area contributed by atoms with E-state index >= 15 is 0 Å². The maximum Gasteiger partial charge on any atom is 0.182 e. The van der Waals surface area contributed by atoms with E-state index in [4.69, 9.17) is 0 Å². The molecule has 0 spiro atoms. The molecule has 4 nitrogen and oxygen atoms in total. The molecule has 1 atom stereocenters. The Morgan fingerprint density at radius 3 is 2.38 bits per heavy atom. The van der Waals surface area contributed by atoms with Crippen LogP contribution in [0.5, 0.6) is 11.5 Å². The van der Waals surface area contributed by atoms with Crippen LogP contribution in [0.15, 0.2) is 42.6 Å². The van der Waals surface area contributed by atoms with Gasteiger partial charge in [-0.3, -0.25) is 4.98 Å². The third-order valence-corrected chi connectivity index (χ3v) is 2.31. The summed E-state index contributed by atoms with van der Waals surface area (Å²) < 4.78 is 0. The van der Waals surface area contributed by atoms with Gasteiger partial charge in [-0.1, -0.05) is 30.3 Å². The zero-order chi connectivity index (χ0) is 11.5. The predicted molar refractivity (Wildman–Crippen MR) is 58.1 cm³/mol. The SMILES string of the molecule is Oc1ccnc(C(O)c2ccccc2)c1O. The van der Waals surface area contributed by atoms with Crippen molar-refractivity contribution in [2.45, 2.75) is 6.10 Å². The zero-order valence-electron chi connectivity index (χ0n) is 8.41. The maximum atomic E-state index is 9.96. The first-order valence-corrected chi connectivity index (χ1v) is 4.80. The number of aromatic hydroxyl groups is 2. The highest BCUT2D eigenvalue weighted by atomic mass is 16.3. The van der Waals surface area contributed by atoms with Crippen molar-refractivity contribution in [3.63, 3.8) is 0 Å². The fourth-order valence-electron chi connectivity index (χ4n) is 1.45. The summed E-state index contributed by atoms with van der Waals surface area (Å²) in [4.78, 5) is 3.86. The van der Waals surface area contributed by atoms with Crippen molar-refractivity contribution in [3.8, 4) is 11.5 Å². The van der Waals surface area contributed by atoms with Gasteiger partial charge in [-0.15, -0.1) is 0 Å². The second-order valence-corrected chi connectivity index (χ2v) is 3.38. The van der Waals surface area contributed by atoms with Crippen LogP contribution in [0.1, 0.15) is 17.4 Å². The van der Waals surface area contributed by atoms with Crippen molar-refractivity contribution in [2.75, 3.05) is 0 Å². The molecule has 1 heterocycles. The van der Waals surface area contributed by atoms with E-state index < -0.39 is 6.10 Å². The zero-order valence-corrected chi connectivity index (χ0v) is 8.41. The first kappa shape index (κ1) is 10.4. The second kappa shape index (κ2) is 4.20. The Morgan fingerprint density at radius 1 is 1.00 bits per heavy atom. The first-order valence-electron chi connectivity index (χ1n) is 4.80. The monoisotopic (exact) mass is 217 g/mol.